The zero-order valence-corrected chi connectivity index (χ0v) is 14.5. The smallest absolute Gasteiger partial charge is 0.262 e. The van der Waals surface area contributed by atoms with Crippen LogP contribution in [0.15, 0.2) is 40.3 Å². The van der Waals surface area contributed by atoms with Crippen LogP contribution in [0.4, 0.5) is 5.82 Å². The maximum Gasteiger partial charge on any atom is 0.262 e. The van der Waals surface area contributed by atoms with E-state index in [0.717, 1.165) is 17.0 Å². The van der Waals surface area contributed by atoms with Crippen molar-refractivity contribution < 1.29 is 0 Å². The van der Waals surface area contributed by atoms with Crippen LogP contribution >= 0.6 is 11.8 Å². The first-order chi connectivity index (χ1) is 12.0. The summed E-state index contributed by atoms with van der Waals surface area (Å²) in [6.45, 7) is 1.87. The number of nitrogens with zero attached hydrogens (tertiary/aromatic N) is 6. The number of para-hydroxylation sites is 1. The van der Waals surface area contributed by atoms with Gasteiger partial charge in [-0.15, -0.1) is 10.2 Å². The largest absolute Gasteiger partial charge is 0.384 e. The zero-order chi connectivity index (χ0) is 17.6. The van der Waals surface area contributed by atoms with Crippen molar-refractivity contribution in [1.82, 2.24) is 29.1 Å². The molecule has 4 aromatic rings. The number of rotatable bonds is 3. The van der Waals surface area contributed by atoms with Gasteiger partial charge in [0, 0.05) is 18.8 Å². The van der Waals surface area contributed by atoms with Crippen LogP contribution in [0.1, 0.15) is 11.5 Å². The molecule has 0 spiro atoms. The van der Waals surface area contributed by atoms with Gasteiger partial charge in [0.05, 0.1) is 16.7 Å². The minimum atomic E-state index is -0.0931. The molecule has 3 aromatic heterocycles. The SMILES string of the molecule is Cc1cc(N)nc(SCc2nnc3n(C)c(=O)c4ccccc4n23)n1. The molecule has 0 bridgehead atoms. The Morgan fingerprint density at radius 1 is 1.20 bits per heavy atom. The second-order valence-corrected chi connectivity index (χ2v) is 6.58. The van der Waals surface area contributed by atoms with Crippen molar-refractivity contribution in [3.63, 3.8) is 0 Å². The number of fused-ring (bicyclic) bond motifs is 3. The highest BCUT2D eigenvalue weighted by molar-refractivity contribution is 7.98. The third-order valence-electron chi connectivity index (χ3n) is 3.88. The van der Waals surface area contributed by atoms with Gasteiger partial charge in [-0.25, -0.2) is 9.97 Å². The molecule has 8 nitrogen and oxygen atoms in total. The quantitative estimate of drug-likeness (QED) is 0.440. The van der Waals surface area contributed by atoms with Gasteiger partial charge in [-0.2, -0.15) is 0 Å². The molecule has 25 heavy (non-hydrogen) atoms. The summed E-state index contributed by atoms with van der Waals surface area (Å²) in [6.07, 6.45) is 0. The lowest BCUT2D eigenvalue weighted by Crippen LogP contribution is -2.20. The van der Waals surface area contributed by atoms with E-state index in [1.54, 1.807) is 19.2 Å². The van der Waals surface area contributed by atoms with Crippen molar-refractivity contribution in [1.29, 1.82) is 0 Å². The standard InChI is InChI=1S/C16H15N7OS/c1-9-7-12(17)19-15(18-9)25-8-13-20-21-16-22(2)14(24)10-5-3-4-6-11(10)23(13)16/h3-7H,8H2,1-2H3,(H2,17,18,19). The Morgan fingerprint density at radius 3 is 2.80 bits per heavy atom. The number of thioether (sulfide) groups is 1. The van der Waals surface area contributed by atoms with Gasteiger partial charge >= 0.3 is 0 Å². The summed E-state index contributed by atoms with van der Waals surface area (Å²) < 4.78 is 3.40. The molecule has 0 atom stereocenters. The van der Waals surface area contributed by atoms with E-state index in [1.807, 2.05) is 29.5 Å². The first-order valence-corrected chi connectivity index (χ1v) is 8.59. The molecule has 0 amide bonds. The van der Waals surface area contributed by atoms with Gasteiger partial charge in [-0.3, -0.25) is 13.8 Å². The Morgan fingerprint density at radius 2 is 2.00 bits per heavy atom. The summed E-state index contributed by atoms with van der Waals surface area (Å²) in [6, 6.07) is 9.15. The van der Waals surface area contributed by atoms with E-state index in [1.165, 1.54) is 16.3 Å². The van der Waals surface area contributed by atoms with Crippen LogP contribution < -0.4 is 11.3 Å². The number of benzene rings is 1. The highest BCUT2D eigenvalue weighted by atomic mass is 32.2. The lowest BCUT2D eigenvalue weighted by molar-refractivity contribution is 0.857. The van der Waals surface area contributed by atoms with Crippen LogP contribution in [0.5, 0.6) is 0 Å². The fourth-order valence-corrected chi connectivity index (χ4v) is 3.57. The number of aryl methyl sites for hydroxylation is 2. The van der Waals surface area contributed by atoms with E-state index in [0.29, 0.717) is 27.9 Å². The lowest BCUT2D eigenvalue weighted by atomic mass is 10.2. The third-order valence-corrected chi connectivity index (χ3v) is 4.72. The molecule has 0 radical (unpaired) electrons. The van der Waals surface area contributed by atoms with Crippen molar-refractivity contribution in [2.75, 3.05) is 5.73 Å². The summed E-state index contributed by atoms with van der Waals surface area (Å²) in [4.78, 5) is 21.0. The second kappa shape index (κ2) is 5.85. The van der Waals surface area contributed by atoms with E-state index in [9.17, 15) is 4.79 Å². The summed E-state index contributed by atoms with van der Waals surface area (Å²) in [7, 11) is 1.69. The maximum absolute atomic E-state index is 12.4. The van der Waals surface area contributed by atoms with Gasteiger partial charge in [0.25, 0.3) is 5.56 Å². The number of aromatic nitrogens is 6. The summed E-state index contributed by atoms with van der Waals surface area (Å²) in [5, 5.41) is 9.64. The van der Waals surface area contributed by atoms with E-state index in [-0.39, 0.29) is 5.56 Å². The molecular formula is C16H15N7OS. The zero-order valence-electron chi connectivity index (χ0n) is 13.7. The van der Waals surface area contributed by atoms with Gasteiger partial charge in [0.15, 0.2) is 5.16 Å². The molecule has 0 aliphatic carbocycles. The van der Waals surface area contributed by atoms with Crippen molar-refractivity contribution in [2.24, 2.45) is 7.05 Å². The number of hydrogen-bond acceptors (Lipinski definition) is 7. The number of anilines is 1. The fourth-order valence-electron chi connectivity index (χ4n) is 2.74. The molecule has 0 aliphatic rings. The van der Waals surface area contributed by atoms with Crippen molar-refractivity contribution in [3.8, 4) is 0 Å². The van der Waals surface area contributed by atoms with Crippen LogP contribution in [-0.4, -0.2) is 29.1 Å². The molecule has 0 unspecified atom stereocenters. The van der Waals surface area contributed by atoms with E-state index >= 15 is 0 Å². The summed E-state index contributed by atoms with van der Waals surface area (Å²) >= 11 is 1.43. The van der Waals surface area contributed by atoms with E-state index < -0.39 is 0 Å². The first-order valence-electron chi connectivity index (χ1n) is 7.60. The van der Waals surface area contributed by atoms with Crippen molar-refractivity contribution >= 4 is 34.3 Å². The van der Waals surface area contributed by atoms with Gasteiger partial charge in [-0.05, 0) is 19.1 Å². The fraction of sp³-hybridized carbons (Fsp3) is 0.188. The van der Waals surface area contributed by atoms with Gasteiger partial charge < -0.3 is 5.73 Å². The Hall–Kier alpha value is -2.94. The maximum atomic E-state index is 12.4. The highest BCUT2D eigenvalue weighted by Crippen LogP contribution is 2.22. The predicted molar refractivity (Wildman–Crippen MR) is 96.5 cm³/mol. The molecule has 1 aromatic carbocycles. The minimum Gasteiger partial charge on any atom is -0.384 e. The van der Waals surface area contributed by atoms with Crippen LogP contribution in [-0.2, 0) is 12.8 Å². The Bertz CT molecular complexity index is 1140. The number of hydrogen-bond donors (Lipinski definition) is 1. The minimum absolute atomic E-state index is 0.0931. The van der Waals surface area contributed by atoms with Gasteiger partial charge in [0.1, 0.15) is 11.6 Å². The van der Waals surface area contributed by atoms with Crippen LogP contribution in [0.25, 0.3) is 16.7 Å². The van der Waals surface area contributed by atoms with Gasteiger partial charge in [0.2, 0.25) is 5.78 Å². The molecule has 2 N–H and O–H groups in total. The van der Waals surface area contributed by atoms with E-state index in [4.69, 9.17) is 5.73 Å². The van der Waals surface area contributed by atoms with Crippen molar-refractivity contribution in [3.05, 3.63) is 52.2 Å². The molecular weight excluding hydrogens is 338 g/mol. The molecule has 0 saturated carbocycles. The molecule has 4 rings (SSSR count). The monoisotopic (exact) mass is 353 g/mol. The predicted octanol–water partition coefficient (Wildman–Crippen LogP) is 1.55. The molecule has 3 heterocycles. The van der Waals surface area contributed by atoms with Crippen molar-refractivity contribution in [2.45, 2.75) is 17.8 Å². The van der Waals surface area contributed by atoms with Gasteiger partial charge in [-0.1, -0.05) is 23.9 Å². The Kier molecular flexibility index (Phi) is 3.65. The Balaban J connectivity index is 1.82. The Labute approximate surface area is 146 Å². The molecule has 0 aliphatic heterocycles. The number of nitrogens with two attached hydrogens (primary N) is 1. The van der Waals surface area contributed by atoms with Crippen LogP contribution in [0.2, 0.25) is 0 Å². The average molecular weight is 353 g/mol. The second-order valence-electron chi connectivity index (χ2n) is 5.64. The normalized spacial score (nSPS) is 11.4. The molecule has 9 heteroatoms. The van der Waals surface area contributed by atoms with E-state index in [2.05, 4.69) is 20.2 Å². The highest BCUT2D eigenvalue weighted by Gasteiger charge is 2.15. The molecule has 0 saturated heterocycles. The molecule has 126 valence electrons. The topological polar surface area (TPSA) is 104 Å². The summed E-state index contributed by atoms with van der Waals surface area (Å²) in [5.41, 5.74) is 7.28. The van der Waals surface area contributed by atoms with Crippen LogP contribution in [0, 0.1) is 6.92 Å². The lowest BCUT2D eigenvalue weighted by Gasteiger charge is -2.07. The third kappa shape index (κ3) is 2.62. The van der Waals surface area contributed by atoms with Crippen LogP contribution in [0.3, 0.4) is 0 Å². The first kappa shape index (κ1) is 15.6. The summed E-state index contributed by atoms with van der Waals surface area (Å²) in [5.74, 6) is 2.17. The molecule has 0 fully saturated rings. The number of nitrogen functional groups attached to an aromatic ring is 1. The average Bonchev–Trinajstić information content (AvgIpc) is 3.01.